The first-order valence-electron chi connectivity index (χ1n) is 5.46. The van der Waals surface area contributed by atoms with E-state index in [4.69, 9.17) is 10.5 Å². The first-order valence-corrected chi connectivity index (χ1v) is 5.46. The molecule has 0 saturated carbocycles. The molecule has 0 unspecified atom stereocenters. The molecule has 98 valence electrons. The molecule has 0 aliphatic heterocycles. The molecule has 2 aromatic carbocycles. The number of hydrogen-bond acceptors (Lipinski definition) is 3. The second-order valence-corrected chi connectivity index (χ2v) is 3.91. The van der Waals surface area contributed by atoms with Gasteiger partial charge in [-0.2, -0.15) is 0 Å². The van der Waals surface area contributed by atoms with Gasteiger partial charge in [0.15, 0.2) is 17.4 Å². The van der Waals surface area contributed by atoms with Crippen molar-refractivity contribution in [1.29, 1.82) is 0 Å². The summed E-state index contributed by atoms with van der Waals surface area (Å²) in [5.41, 5.74) is 6.20. The van der Waals surface area contributed by atoms with Crippen molar-refractivity contribution in [2.24, 2.45) is 0 Å². The molecular formula is C14H11F2NO2. The van der Waals surface area contributed by atoms with Gasteiger partial charge in [-0.3, -0.25) is 4.79 Å². The minimum atomic E-state index is -1.07. The van der Waals surface area contributed by atoms with Gasteiger partial charge in [-0.25, -0.2) is 8.78 Å². The number of nitrogen functional groups attached to an aromatic ring is 1. The molecule has 2 aromatic rings. The van der Waals surface area contributed by atoms with E-state index < -0.39 is 17.4 Å². The van der Waals surface area contributed by atoms with Crippen molar-refractivity contribution < 1.29 is 18.3 Å². The molecule has 0 bridgehead atoms. The maximum Gasteiger partial charge on any atom is 0.195 e. The zero-order chi connectivity index (χ0) is 14.0. The molecule has 0 aliphatic rings. The zero-order valence-corrected chi connectivity index (χ0v) is 10.1. The number of ketones is 1. The summed E-state index contributed by atoms with van der Waals surface area (Å²) in [6.45, 7) is 0. The van der Waals surface area contributed by atoms with Crippen molar-refractivity contribution in [3.63, 3.8) is 0 Å². The Balaban J connectivity index is 2.41. The molecule has 0 aliphatic carbocycles. The summed E-state index contributed by atoms with van der Waals surface area (Å²) < 4.78 is 30.9. The van der Waals surface area contributed by atoms with Crippen LogP contribution < -0.4 is 10.5 Å². The van der Waals surface area contributed by atoms with Gasteiger partial charge in [0.2, 0.25) is 0 Å². The summed E-state index contributed by atoms with van der Waals surface area (Å²) in [5, 5.41) is 0. The topological polar surface area (TPSA) is 52.3 Å². The monoisotopic (exact) mass is 263 g/mol. The highest BCUT2D eigenvalue weighted by molar-refractivity contribution is 6.12. The largest absolute Gasteiger partial charge is 0.497 e. The highest BCUT2D eigenvalue weighted by Gasteiger charge is 2.15. The molecule has 0 atom stereocenters. The van der Waals surface area contributed by atoms with Crippen LogP contribution in [0.5, 0.6) is 5.75 Å². The lowest BCUT2D eigenvalue weighted by Gasteiger charge is -2.07. The van der Waals surface area contributed by atoms with Gasteiger partial charge in [0, 0.05) is 22.9 Å². The van der Waals surface area contributed by atoms with E-state index >= 15 is 0 Å². The van der Waals surface area contributed by atoms with Crippen molar-refractivity contribution in [2.75, 3.05) is 12.8 Å². The fraction of sp³-hybridized carbons (Fsp3) is 0.0714. The summed E-state index contributed by atoms with van der Waals surface area (Å²) in [4.78, 5) is 12.1. The van der Waals surface area contributed by atoms with E-state index in [9.17, 15) is 13.6 Å². The number of methoxy groups -OCH3 is 1. The highest BCUT2D eigenvalue weighted by Crippen LogP contribution is 2.22. The highest BCUT2D eigenvalue weighted by atomic mass is 19.2. The second-order valence-electron chi connectivity index (χ2n) is 3.91. The maximum atomic E-state index is 13.1. The molecule has 5 heteroatoms. The Bertz CT molecular complexity index is 641. The fourth-order valence-corrected chi connectivity index (χ4v) is 1.67. The number of hydrogen-bond donors (Lipinski definition) is 1. The minimum absolute atomic E-state index is 0.0377. The number of rotatable bonds is 3. The first kappa shape index (κ1) is 13.0. The Morgan fingerprint density at radius 2 is 1.84 bits per heavy atom. The standard InChI is InChI=1S/C14H11F2NO2/c1-19-9-3-4-10(13(17)7-9)14(18)8-2-5-11(15)12(16)6-8/h2-7H,17H2,1H3. The number of carbonyl (C=O) groups is 1. The van der Waals surface area contributed by atoms with Crippen LogP contribution in [0.15, 0.2) is 36.4 Å². The second kappa shape index (κ2) is 5.06. The molecule has 0 amide bonds. The van der Waals surface area contributed by atoms with Crippen molar-refractivity contribution in [3.05, 3.63) is 59.2 Å². The molecule has 0 spiro atoms. The van der Waals surface area contributed by atoms with Gasteiger partial charge < -0.3 is 10.5 Å². The Morgan fingerprint density at radius 1 is 1.11 bits per heavy atom. The summed E-state index contributed by atoms with van der Waals surface area (Å²) in [6, 6.07) is 7.52. The maximum absolute atomic E-state index is 13.1. The van der Waals surface area contributed by atoms with Gasteiger partial charge in [-0.1, -0.05) is 0 Å². The molecule has 19 heavy (non-hydrogen) atoms. The van der Waals surface area contributed by atoms with Gasteiger partial charge >= 0.3 is 0 Å². The lowest BCUT2D eigenvalue weighted by molar-refractivity contribution is 0.103. The molecule has 0 aromatic heterocycles. The van der Waals surface area contributed by atoms with Crippen LogP contribution in [0.3, 0.4) is 0 Å². The van der Waals surface area contributed by atoms with E-state index in [-0.39, 0.29) is 16.8 Å². The Kier molecular flexibility index (Phi) is 3.46. The average molecular weight is 263 g/mol. The number of anilines is 1. The molecular weight excluding hydrogens is 252 g/mol. The van der Waals surface area contributed by atoms with Gasteiger partial charge in [0.1, 0.15) is 5.75 Å². The number of nitrogens with two attached hydrogens (primary N) is 1. The predicted octanol–water partition coefficient (Wildman–Crippen LogP) is 2.79. The van der Waals surface area contributed by atoms with Gasteiger partial charge in [-0.05, 0) is 30.3 Å². The van der Waals surface area contributed by atoms with E-state index in [1.165, 1.54) is 25.3 Å². The number of halogens is 2. The van der Waals surface area contributed by atoms with Crippen molar-refractivity contribution >= 4 is 11.5 Å². The van der Waals surface area contributed by atoms with E-state index in [1.807, 2.05) is 0 Å². The molecule has 3 nitrogen and oxygen atoms in total. The molecule has 2 rings (SSSR count). The normalized spacial score (nSPS) is 10.3. The SMILES string of the molecule is COc1ccc(C(=O)c2ccc(F)c(F)c2)c(N)c1. The third-order valence-corrected chi connectivity index (χ3v) is 2.69. The van der Waals surface area contributed by atoms with Crippen LogP contribution in [0.4, 0.5) is 14.5 Å². The van der Waals surface area contributed by atoms with Crippen LogP contribution >= 0.6 is 0 Å². The van der Waals surface area contributed by atoms with E-state index in [1.54, 1.807) is 6.07 Å². The molecule has 0 heterocycles. The smallest absolute Gasteiger partial charge is 0.195 e. The van der Waals surface area contributed by atoms with Crippen LogP contribution in [0, 0.1) is 11.6 Å². The lowest BCUT2D eigenvalue weighted by atomic mass is 10.0. The number of ether oxygens (including phenoxy) is 1. The summed E-state index contributed by atoms with van der Waals surface area (Å²) >= 11 is 0. The van der Waals surface area contributed by atoms with Crippen LogP contribution in [0.2, 0.25) is 0 Å². The van der Waals surface area contributed by atoms with Crippen molar-refractivity contribution in [3.8, 4) is 5.75 Å². The third-order valence-electron chi connectivity index (χ3n) is 2.69. The average Bonchev–Trinajstić information content (AvgIpc) is 2.41. The zero-order valence-electron chi connectivity index (χ0n) is 10.1. The molecule has 0 saturated heterocycles. The van der Waals surface area contributed by atoms with Gasteiger partial charge in [-0.15, -0.1) is 0 Å². The summed E-state index contributed by atoms with van der Waals surface area (Å²) in [5.74, 6) is -2.03. The predicted molar refractivity (Wildman–Crippen MR) is 67.2 cm³/mol. The van der Waals surface area contributed by atoms with Crippen molar-refractivity contribution in [2.45, 2.75) is 0 Å². The van der Waals surface area contributed by atoms with Gasteiger partial charge in [0.05, 0.1) is 7.11 Å². The van der Waals surface area contributed by atoms with Crippen LogP contribution in [0.1, 0.15) is 15.9 Å². The lowest BCUT2D eigenvalue weighted by Crippen LogP contribution is -2.06. The van der Waals surface area contributed by atoms with E-state index in [2.05, 4.69) is 0 Å². The fourth-order valence-electron chi connectivity index (χ4n) is 1.67. The number of carbonyl (C=O) groups excluding carboxylic acids is 1. The molecule has 0 radical (unpaired) electrons. The first-order chi connectivity index (χ1) is 9.02. The Morgan fingerprint density at radius 3 is 2.42 bits per heavy atom. The van der Waals surface area contributed by atoms with Gasteiger partial charge in [0.25, 0.3) is 0 Å². The third kappa shape index (κ3) is 2.54. The Hall–Kier alpha value is -2.43. The number of benzene rings is 2. The van der Waals surface area contributed by atoms with E-state index in [0.717, 1.165) is 12.1 Å². The Labute approximate surface area is 108 Å². The minimum Gasteiger partial charge on any atom is -0.497 e. The molecule has 0 fully saturated rings. The van der Waals surface area contributed by atoms with Crippen LogP contribution in [-0.2, 0) is 0 Å². The molecule has 2 N–H and O–H groups in total. The summed E-state index contributed by atoms with van der Waals surface area (Å²) in [7, 11) is 1.48. The van der Waals surface area contributed by atoms with Crippen molar-refractivity contribution in [1.82, 2.24) is 0 Å². The summed E-state index contributed by atoms with van der Waals surface area (Å²) in [6.07, 6.45) is 0. The quantitative estimate of drug-likeness (QED) is 0.684. The van der Waals surface area contributed by atoms with E-state index in [0.29, 0.717) is 5.75 Å². The van der Waals surface area contributed by atoms with Crippen LogP contribution in [0.25, 0.3) is 0 Å². The van der Waals surface area contributed by atoms with Crippen LogP contribution in [-0.4, -0.2) is 12.9 Å².